The van der Waals surface area contributed by atoms with Gasteiger partial charge in [-0.2, -0.15) is 0 Å². The summed E-state index contributed by atoms with van der Waals surface area (Å²) in [5.41, 5.74) is 0.842. The van der Waals surface area contributed by atoms with Gasteiger partial charge < -0.3 is 18.8 Å². The molecule has 0 bridgehead atoms. The highest BCUT2D eigenvalue weighted by atomic mass is 28.4. The molecule has 3 aromatic carbocycles. The summed E-state index contributed by atoms with van der Waals surface area (Å²) in [4.78, 5) is 19.4. The second-order valence-electron chi connectivity index (χ2n) is 11.0. The van der Waals surface area contributed by atoms with Crippen molar-refractivity contribution in [2.24, 2.45) is 0 Å². The van der Waals surface area contributed by atoms with Crippen molar-refractivity contribution < 1.29 is 22.7 Å². The van der Waals surface area contributed by atoms with Gasteiger partial charge in [0.15, 0.2) is 31.5 Å². The highest BCUT2D eigenvalue weighted by Gasteiger charge is 2.37. The average Bonchev–Trinajstić information content (AvgIpc) is 2.92. The molecule has 4 rings (SSSR count). The molecule has 0 spiro atoms. The number of methoxy groups -OCH3 is 2. The molecule has 0 N–H and O–H groups in total. The first kappa shape index (κ1) is 29.2. The fourth-order valence-electron chi connectivity index (χ4n) is 4.14. The molecule has 0 saturated carbocycles. The molecule has 1 aromatic heterocycles. The normalized spacial score (nSPS) is 12.0. The van der Waals surface area contributed by atoms with Gasteiger partial charge in [-0.05, 0) is 48.5 Å². The van der Waals surface area contributed by atoms with Crippen molar-refractivity contribution in [3.8, 4) is 17.2 Å². The van der Waals surface area contributed by atoms with Crippen LogP contribution in [0, 0.1) is 11.6 Å². The summed E-state index contributed by atoms with van der Waals surface area (Å²) in [6, 6.07) is 15.2. The van der Waals surface area contributed by atoms with Gasteiger partial charge in [0.05, 0.1) is 37.4 Å². The maximum atomic E-state index is 15.7. The smallest absolute Gasteiger partial charge is 0.265 e. The summed E-state index contributed by atoms with van der Waals surface area (Å²) < 4.78 is 49.7. The summed E-state index contributed by atoms with van der Waals surface area (Å²) in [6.45, 7) is 10.9. The van der Waals surface area contributed by atoms with Gasteiger partial charge in [0, 0.05) is 18.3 Å². The fourth-order valence-corrected chi connectivity index (χ4v) is 5.17. The van der Waals surface area contributed by atoms with Crippen molar-refractivity contribution in [1.29, 1.82) is 0 Å². The minimum absolute atomic E-state index is 0.0509. The first-order valence-corrected chi connectivity index (χ1v) is 15.9. The Bertz CT molecular complexity index is 1540. The van der Waals surface area contributed by atoms with Crippen molar-refractivity contribution in [2.45, 2.75) is 38.9 Å². The van der Waals surface area contributed by atoms with E-state index in [4.69, 9.17) is 13.9 Å². The van der Waals surface area contributed by atoms with Gasteiger partial charge in [0.1, 0.15) is 12.0 Å². The van der Waals surface area contributed by atoms with Crippen molar-refractivity contribution in [2.75, 3.05) is 32.3 Å². The summed E-state index contributed by atoms with van der Waals surface area (Å²) in [5.74, 6) is -2.11. The second-order valence-corrected chi connectivity index (χ2v) is 15.8. The van der Waals surface area contributed by atoms with Crippen LogP contribution in [0.25, 0.3) is 16.6 Å². The number of nitrogens with zero attached hydrogens (tertiary/aromatic N) is 3. The minimum Gasteiger partial charge on any atom is -0.493 e. The van der Waals surface area contributed by atoms with Crippen molar-refractivity contribution >= 4 is 30.6 Å². The van der Waals surface area contributed by atoms with Crippen LogP contribution in [0.5, 0.6) is 11.5 Å². The number of fused-ring (bicyclic) bond motifs is 1. The first-order valence-electron chi connectivity index (χ1n) is 13.0. The molecule has 0 saturated heterocycles. The van der Waals surface area contributed by atoms with Crippen LogP contribution in [0.2, 0.25) is 18.1 Å². The quantitative estimate of drug-likeness (QED) is 0.206. The van der Waals surface area contributed by atoms with Gasteiger partial charge in [-0.3, -0.25) is 9.36 Å². The van der Waals surface area contributed by atoms with Gasteiger partial charge >= 0.3 is 0 Å². The standard InChI is InChI=1S/C30H35F2N3O4Si/c1-30(2,3)40(6,7)39-16-15-34(28-26(31)24(37-4)18-25(38-5)27(28)32)21-13-14-23-22(17-21)29(36)35(19-33-23)20-11-9-8-10-12-20/h8-14,17-19H,15-16H2,1-7H3. The van der Waals surface area contributed by atoms with E-state index in [2.05, 4.69) is 38.8 Å². The second kappa shape index (κ2) is 11.4. The predicted molar refractivity (Wildman–Crippen MR) is 157 cm³/mol. The number of para-hydroxylation sites is 1. The Morgan fingerprint density at radius 1 is 0.950 bits per heavy atom. The Morgan fingerprint density at radius 2 is 1.57 bits per heavy atom. The largest absolute Gasteiger partial charge is 0.493 e. The zero-order valence-electron chi connectivity index (χ0n) is 23.9. The lowest BCUT2D eigenvalue weighted by atomic mass is 10.1. The first-order chi connectivity index (χ1) is 18.9. The van der Waals surface area contributed by atoms with Crippen molar-refractivity contribution in [3.05, 3.63) is 82.9 Å². The van der Waals surface area contributed by atoms with Crippen LogP contribution in [0.15, 0.2) is 65.7 Å². The molecule has 40 heavy (non-hydrogen) atoms. The Morgan fingerprint density at radius 3 is 2.15 bits per heavy atom. The van der Waals surface area contributed by atoms with E-state index in [9.17, 15) is 4.79 Å². The molecule has 7 nitrogen and oxygen atoms in total. The Balaban J connectivity index is 1.87. The van der Waals surface area contributed by atoms with E-state index in [0.717, 1.165) is 0 Å². The van der Waals surface area contributed by atoms with Gasteiger partial charge in [-0.15, -0.1) is 0 Å². The van der Waals surface area contributed by atoms with Crippen LogP contribution in [0.4, 0.5) is 20.2 Å². The van der Waals surface area contributed by atoms with Crippen LogP contribution in [-0.2, 0) is 4.43 Å². The van der Waals surface area contributed by atoms with E-state index in [1.807, 2.05) is 18.2 Å². The summed E-state index contributed by atoms with van der Waals surface area (Å²) in [7, 11) is 0.447. The topological polar surface area (TPSA) is 65.8 Å². The van der Waals surface area contributed by atoms with E-state index < -0.39 is 20.0 Å². The molecule has 0 atom stereocenters. The third kappa shape index (κ3) is 5.59. The average molecular weight is 568 g/mol. The van der Waals surface area contributed by atoms with E-state index in [1.54, 1.807) is 30.3 Å². The number of halogens is 2. The van der Waals surface area contributed by atoms with E-state index in [-0.39, 0.29) is 40.9 Å². The van der Waals surface area contributed by atoms with Crippen molar-refractivity contribution in [3.63, 3.8) is 0 Å². The van der Waals surface area contributed by atoms with E-state index in [0.29, 0.717) is 22.3 Å². The van der Waals surface area contributed by atoms with Gasteiger partial charge in [0.2, 0.25) is 0 Å². The predicted octanol–water partition coefficient (Wildman–Crippen LogP) is 6.84. The van der Waals surface area contributed by atoms with Crippen LogP contribution in [0.1, 0.15) is 20.8 Å². The maximum absolute atomic E-state index is 15.7. The zero-order chi connectivity index (χ0) is 29.2. The molecule has 10 heteroatoms. The van der Waals surface area contributed by atoms with Gasteiger partial charge in [-0.25, -0.2) is 13.8 Å². The summed E-state index contributed by atoms with van der Waals surface area (Å²) in [5, 5.41) is 0.250. The third-order valence-corrected chi connectivity index (χ3v) is 12.0. The molecule has 212 valence electrons. The maximum Gasteiger partial charge on any atom is 0.265 e. The van der Waals surface area contributed by atoms with Crippen LogP contribution in [-0.4, -0.2) is 45.2 Å². The number of hydrogen-bond donors (Lipinski definition) is 0. The molecule has 1 heterocycles. The number of anilines is 2. The molecule has 0 aliphatic rings. The molecule has 4 aromatic rings. The van der Waals surface area contributed by atoms with Crippen LogP contribution in [0.3, 0.4) is 0 Å². The minimum atomic E-state index is -2.16. The number of hydrogen-bond acceptors (Lipinski definition) is 6. The third-order valence-electron chi connectivity index (χ3n) is 7.49. The SMILES string of the molecule is COc1cc(OC)c(F)c(N(CCO[Si](C)(C)C(C)(C)C)c2ccc3ncn(-c4ccccc4)c(=O)c3c2)c1F. The van der Waals surface area contributed by atoms with Crippen LogP contribution >= 0.6 is 0 Å². The van der Waals surface area contributed by atoms with Gasteiger partial charge in [0.25, 0.3) is 5.56 Å². The Hall–Kier alpha value is -3.76. The summed E-state index contributed by atoms with van der Waals surface area (Å²) >= 11 is 0. The molecule has 0 aliphatic carbocycles. The lowest BCUT2D eigenvalue weighted by molar-refractivity contribution is 0.296. The van der Waals surface area contributed by atoms with E-state index >= 15 is 8.78 Å². The van der Waals surface area contributed by atoms with Gasteiger partial charge in [-0.1, -0.05) is 39.0 Å². The van der Waals surface area contributed by atoms with E-state index in [1.165, 1.54) is 36.1 Å². The number of aromatic nitrogens is 2. The molecule has 0 fully saturated rings. The number of benzene rings is 3. The van der Waals surface area contributed by atoms with Crippen LogP contribution < -0.4 is 19.9 Å². The number of rotatable bonds is 9. The van der Waals surface area contributed by atoms with Crippen molar-refractivity contribution in [1.82, 2.24) is 9.55 Å². The Kier molecular flexibility index (Phi) is 8.32. The lowest BCUT2D eigenvalue weighted by Gasteiger charge is -2.37. The zero-order valence-corrected chi connectivity index (χ0v) is 24.9. The molecular weight excluding hydrogens is 532 g/mol. The molecule has 0 amide bonds. The highest BCUT2D eigenvalue weighted by Crippen LogP contribution is 2.41. The molecular formula is C30H35F2N3O4Si. The number of ether oxygens (including phenoxy) is 2. The highest BCUT2D eigenvalue weighted by molar-refractivity contribution is 6.74. The summed E-state index contributed by atoms with van der Waals surface area (Å²) in [6.07, 6.45) is 1.47. The lowest BCUT2D eigenvalue weighted by Crippen LogP contribution is -2.42. The molecule has 0 unspecified atom stereocenters. The fraction of sp³-hybridized carbons (Fsp3) is 0.333. The molecule has 0 radical (unpaired) electrons. The Labute approximate surface area is 234 Å². The monoisotopic (exact) mass is 567 g/mol. The molecule has 0 aliphatic heterocycles.